The minimum Gasteiger partial charge on any atom is -0.310 e. The lowest BCUT2D eigenvalue weighted by molar-refractivity contribution is 0.660. The number of anilines is 3. The first kappa shape index (κ1) is 22.1. The summed E-state index contributed by atoms with van der Waals surface area (Å²) in [5.41, 5.74) is 11.4. The molecule has 0 heterocycles. The van der Waals surface area contributed by atoms with Gasteiger partial charge in [0.15, 0.2) is 0 Å². The Balaban J connectivity index is 1.57. The average molecular weight is 563 g/mol. The smallest absolute Gasteiger partial charge is 0.0540 e. The Morgan fingerprint density at radius 2 is 1.14 bits per heavy atom. The molecular formula is C33H26IN. The highest BCUT2D eigenvalue weighted by molar-refractivity contribution is 14.1. The van der Waals surface area contributed by atoms with Crippen LogP contribution in [0, 0.1) is 3.57 Å². The van der Waals surface area contributed by atoms with Crippen LogP contribution in [-0.4, -0.2) is 0 Å². The van der Waals surface area contributed by atoms with Crippen molar-refractivity contribution in [1.82, 2.24) is 0 Å². The van der Waals surface area contributed by atoms with Gasteiger partial charge in [0.05, 0.1) is 5.69 Å². The summed E-state index contributed by atoms with van der Waals surface area (Å²) >= 11 is 2.38. The molecule has 1 aliphatic rings. The second-order valence-electron chi connectivity index (χ2n) is 9.60. The molecule has 0 radical (unpaired) electrons. The molecule has 170 valence electrons. The van der Waals surface area contributed by atoms with Crippen molar-refractivity contribution in [2.45, 2.75) is 19.3 Å². The zero-order valence-electron chi connectivity index (χ0n) is 19.9. The van der Waals surface area contributed by atoms with Gasteiger partial charge in [-0.05, 0) is 92.9 Å². The lowest BCUT2D eigenvalue weighted by atomic mass is 9.82. The zero-order valence-corrected chi connectivity index (χ0v) is 22.0. The van der Waals surface area contributed by atoms with E-state index in [0.29, 0.717) is 0 Å². The maximum absolute atomic E-state index is 2.40. The first-order chi connectivity index (χ1) is 17.0. The van der Waals surface area contributed by atoms with E-state index in [-0.39, 0.29) is 5.41 Å². The minimum absolute atomic E-state index is 0.0430. The Hall–Kier alpha value is -3.37. The summed E-state index contributed by atoms with van der Waals surface area (Å²) in [4.78, 5) is 2.40. The maximum Gasteiger partial charge on any atom is 0.0540 e. The van der Waals surface area contributed by atoms with E-state index in [0.717, 1.165) is 5.69 Å². The summed E-state index contributed by atoms with van der Waals surface area (Å²) in [7, 11) is 0. The molecule has 5 aromatic carbocycles. The Labute approximate surface area is 221 Å². The summed E-state index contributed by atoms with van der Waals surface area (Å²) < 4.78 is 1.23. The van der Waals surface area contributed by atoms with Gasteiger partial charge in [-0.15, -0.1) is 0 Å². The van der Waals surface area contributed by atoms with Gasteiger partial charge in [-0.2, -0.15) is 0 Å². The highest BCUT2D eigenvalue weighted by atomic mass is 127. The molecular weight excluding hydrogens is 537 g/mol. The van der Waals surface area contributed by atoms with Gasteiger partial charge in [0.1, 0.15) is 0 Å². The molecule has 0 aromatic heterocycles. The molecule has 1 nitrogen and oxygen atoms in total. The van der Waals surface area contributed by atoms with Gasteiger partial charge in [0.2, 0.25) is 0 Å². The number of benzene rings is 5. The summed E-state index contributed by atoms with van der Waals surface area (Å²) in [6.07, 6.45) is 0. The van der Waals surface area contributed by atoms with Crippen LogP contribution < -0.4 is 4.90 Å². The van der Waals surface area contributed by atoms with E-state index < -0.39 is 0 Å². The Bertz CT molecular complexity index is 1520. The van der Waals surface area contributed by atoms with Crippen LogP contribution in [0.2, 0.25) is 0 Å². The number of para-hydroxylation sites is 1. The number of fused-ring (bicyclic) bond motifs is 3. The van der Waals surface area contributed by atoms with Crippen LogP contribution in [0.5, 0.6) is 0 Å². The highest BCUT2D eigenvalue weighted by Crippen LogP contribution is 2.51. The van der Waals surface area contributed by atoms with Crippen LogP contribution in [0.25, 0.3) is 22.3 Å². The molecule has 35 heavy (non-hydrogen) atoms. The molecule has 6 rings (SSSR count). The highest BCUT2D eigenvalue weighted by Gasteiger charge is 2.35. The molecule has 0 fully saturated rings. The topological polar surface area (TPSA) is 3.24 Å². The van der Waals surface area contributed by atoms with Crippen molar-refractivity contribution >= 4 is 39.7 Å². The predicted octanol–water partition coefficient (Wildman–Crippen LogP) is 9.73. The van der Waals surface area contributed by atoms with E-state index in [9.17, 15) is 0 Å². The van der Waals surface area contributed by atoms with E-state index in [1.165, 1.54) is 48.3 Å². The predicted molar refractivity (Wildman–Crippen MR) is 157 cm³/mol. The lowest BCUT2D eigenvalue weighted by Gasteiger charge is -2.29. The van der Waals surface area contributed by atoms with Crippen molar-refractivity contribution in [3.8, 4) is 22.3 Å². The number of nitrogens with zero attached hydrogens (tertiary/aromatic N) is 1. The summed E-state index contributed by atoms with van der Waals surface area (Å²) in [5.74, 6) is 0. The van der Waals surface area contributed by atoms with Crippen LogP contribution in [-0.2, 0) is 5.41 Å². The Morgan fingerprint density at radius 3 is 1.91 bits per heavy atom. The van der Waals surface area contributed by atoms with E-state index >= 15 is 0 Å². The van der Waals surface area contributed by atoms with Crippen molar-refractivity contribution < 1.29 is 0 Å². The van der Waals surface area contributed by atoms with Crippen LogP contribution in [0.3, 0.4) is 0 Å². The standard InChI is InChI=1S/C33H26IN/c1-33(2)30-14-8-6-13-28(30)29-21-20-26(22-31(29)33)35(25-18-16-24(34)17-19-25)32-15-9-7-12-27(32)23-10-4-3-5-11-23/h3-22H,1-2H3. The Kier molecular flexibility index (Phi) is 5.49. The van der Waals surface area contributed by atoms with Crippen molar-refractivity contribution in [3.63, 3.8) is 0 Å². The van der Waals surface area contributed by atoms with Gasteiger partial charge in [0.25, 0.3) is 0 Å². The Morgan fingerprint density at radius 1 is 0.543 bits per heavy atom. The number of halogens is 1. The summed E-state index contributed by atoms with van der Waals surface area (Å²) in [6, 6.07) is 44.0. The molecule has 0 atom stereocenters. The van der Waals surface area contributed by atoms with E-state index in [1.54, 1.807) is 0 Å². The van der Waals surface area contributed by atoms with Crippen molar-refractivity contribution in [2.75, 3.05) is 4.90 Å². The molecule has 0 saturated carbocycles. The maximum atomic E-state index is 2.40. The average Bonchev–Trinajstić information content (AvgIpc) is 3.13. The van der Waals surface area contributed by atoms with Gasteiger partial charge < -0.3 is 4.90 Å². The normalized spacial score (nSPS) is 13.2. The summed E-state index contributed by atoms with van der Waals surface area (Å²) in [5, 5.41) is 0. The van der Waals surface area contributed by atoms with Gasteiger partial charge in [-0.1, -0.05) is 92.7 Å². The largest absolute Gasteiger partial charge is 0.310 e. The van der Waals surface area contributed by atoms with Gasteiger partial charge in [-0.3, -0.25) is 0 Å². The van der Waals surface area contributed by atoms with Crippen LogP contribution in [0.4, 0.5) is 17.1 Å². The third-order valence-corrected chi connectivity index (χ3v) is 7.86. The number of rotatable bonds is 4. The van der Waals surface area contributed by atoms with Crippen LogP contribution >= 0.6 is 22.6 Å². The molecule has 0 N–H and O–H groups in total. The number of hydrogen-bond acceptors (Lipinski definition) is 1. The monoisotopic (exact) mass is 563 g/mol. The second-order valence-corrected chi connectivity index (χ2v) is 10.8. The minimum atomic E-state index is -0.0430. The lowest BCUT2D eigenvalue weighted by Crippen LogP contribution is -2.16. The third-order valence-electron chi connectivity index (χ3n) is 7.14. The fraction of sp³-hybridized carbons (Fsp3) is 0.0909. The fourth-order valence-electron chi connectivity index (χ4n) is 5.38. The van der Waals surface area contributed by atoms with Crippen molar-refractivity contribution in [3.05, 3.63) is 136 Å². The first-order valence-corrected chi connectivity index (χ1v) is 13.1. The molecule has 0 saturated heterocycles. The van der Waals surface area contributed by atoms with Crippen molar-refractivity contribution in [1.29, 1.82) is 0 Å². The van der Waals surface area contributed by atoms with Gasteiger partial charge >= 0.3 is 0 Å². The molecule has 0 aliphatic heterocycles. The third kappa shape index (κ3) is 3.77. The van der Waals surface area contributed by atoms with E-state index in [2.05, 4.69) is 163 Å². The molecule has 0 spiro atoms. The quantitative estimate of drug-likeness (QED) is 0.197. The molecule has 0 bridgehead atoms. The van der Waals surface area contributed by atoms with E-state index in [4.69, 9.17) is 0 Å². The summed E-state index contributed by atoms with van der Waals surface area (Å²) in [6.45, 7) is 4.68. The zero-order chi connectivity index (χ0) is 24.0. The van der Waals surface area contributed by atoms with E-state index in [1.807, 2.05) is 0 Å². The number of hydrogen-bond donors (Lipinski definition) is 0. The van der Waals surface area contributed by atoms with Crippen LogP contribution in [0.1, 0.15) is 25.0 Å². The second kappa shape index (κ2) is 8.69. The molecule has 5 aromatic rings. The molecule has 1 aliphatic carbocycles. The SMILES string of the molecule is CC1(C)c2ccccc2-c2ccc(N(c3ccc(I)cc3)c3ccccc3-c3ccccc3)cc21. The molecule has 0 amide bonds. The van der Waals surface area contributed by atoms with Gasteiger partial charge in [-0.25, -0.2) is 0 Å². The van der Waals surface area contributed by atoms with Crippen LogP contribution in [0.15, 0.2) is 121 Å². The van der Waals surface area contributed by atoms with Crippen molar-refractivity contribution in [2.24, 2.45) is 0 Å². The fourth-order valence-corrected chi connectivity index (χ4v) is 5.74. The molecule has 2 heteroatoms. The molecule has 0 unspecified atom stereocenters. The first-order valence-electron chi connectivity index (χ1n) is 12.0. The van der Waals surface area contributed by atoms with Gasteiger partial charge in [0, 0.05) is 25.9 Å².